The fraction of sp³-hybridized carbons (Fsp3) is 0.111. The number of carbonyl (C=O) groups is 1. The third-order valence-corrected chi connectivity index (χ3v) is 3.62. The Morgan fingerprint density at radius 1 is 1.17 bits per heavy atom. The van der Waals surface area contributed by atoms with Crippen LogP contribution in [0.4, 0.5) is 0 Å². The van der Waals surface area contributed by atoms with Crippen molar-refractivity contribution in [2.45, 2.75) is 6.54 Å². The number of nitrogens with one attached hydrogen (secondary N) is 1. The third kappa shape index (κ3) is 2.94. The molecule has 116 valence electrons. The summed E-state index contributed by atoms with van der Waals surface area (Å²) in [6.07, 6.45) is 1.58. The van der Waals surface area contributed by atoms with E-state index in [4.69, 9.17) is 4.74 Å². The summed E-state index contributed by atoms with van der Waals surface area (Å²) in [5, 5.41) is 13.8. The van der Waals surface area contributed by atoms with Gasteiger partial charge in [-0.3, -0.25) is 9.78 Å². The summed E-state index contributed by atoms with van der Waals surface area (Å²) >= 11 is 0. The highest BCUT2D eigenvalue weighted by atomic mass is 16.5. The number of pyridine rings is 1. The Balaban J connectivity index is 1.82. The SMILES string of the molecule is COc1ccccc1CNC(=O)c1ccc2cccnc2c1O. The first-order valence-electron chi connectivity index (χ1n) is 7.17. The Bertz CT molecular complexity index is 862. The highest BCUT2D eigenvalue weighted by molar-refractivity contribution is 6.02. The molecule has 0 aliphatic heterocycles. The van der Waals surface area contributed by atoms with Gasteiger partial charge in [0.1, 0.15) is 11.3 Å². The van der Waals surface area contributed by atoms with E-state index in [1.165, 1.54) is 0 Å². The summed E-state index contributed by atoms with van der Waals surface area (Å²) in [6, 6.07) is 14.4. The van der Waals surface area contributed by atoms with Crippen LogP contribution >= 0.6 is 0 Å². The Morgan fingerprint density at radius 3 is 2.83 bits per heavy atom. The van der Waals surface area contributed by atoms with E-state index in [2.05, 4.69) is 10.3 Å². The number of carbonyl (C=O) groups excluding carboxylic acids is 1. The van der Waals surface area contributed by atoms with Crippen molar-refractivity contribution in [2.75, 3.05) is 7.11 Å². The van der Waals surface area contributed by atoms with Gasteiger partial charge < -0.3 is 15.2 Å². The number of phenolic OH excluding ortho intramolecular Hbond substituents is 1. The lowest BCUT2D eigenvalue weighted by Gasteiger charge is -2.11. The second-order valence-corrected chi connectivity index (χ2v) is 5.03. The summed E-state index contributed by atoms with van der Waals surface area (Å²) < 4.78 is 5.25. The van der Waals surface area contributed by atoms with Crippen molar-refractivity contribution >= 4 is 16.8 Å². The van der Waals surface area contributed by atoms with Gasteiger partial charge in [-0.15, -0.1) is 0 Å². The van der Waals surface area contributed by atoms with Gasteiger partial charge >= 0.3 is 0 Å². The van der Waals surface area contributed by atoms with Crippen LogP contribution in [0.3, 0.4) is 0 Å². The molecule has 0 bridgehead atoms. The number of aromatic hydroxyl groups is 1. The van der Waals surface area contributed by atoms with Gasteiger partial charge in [0.25, 0.3) is 5.91 Å². The van der Waals surface area contributed by atoms with Gasteiger partial charge in [-0.2, -0.15) is 0 Å². The maximum absolute atomic E-state index is 12.3. The number of amides is 1. The van der Waals surface area contributed by atoms with E-state index in [1.807, 2.05) is 30.3 Å². The Morgan fingerprint density at radius 2 is 2.00 bits per heavy atom. The first kappa shape index (κ1) is 14.8. The van der Waals surface area contributed by atoms with Gasteiger partial charge in [-0.1, -0.05) is 30.3 Å². The zero-order valence-corrected chi connectivity index (χ0v) is 12.6. The van der Waals surface area contributed by atoms with E-state index in [1.54, 1.807) is 31.5 Å². The molecule has 5 nitrogen and oxygen atoms in total. The fourth-order valence-electron chi connectivity index (χ4n) is 2.43. The second-order valence-electron chi connectivity index (χ2n) is 5.03. The van der Waals surface area contributed by atoms with E-state index < -0.39 is 0 Å². The molecule has 0 fully saturated rings. The number of hydrogen-bond donors (Lipinski definition) is 2. The van der Waals surface area contributed by atoms with Gasteiger partial charge in [-0.05, 0) is 18.2 Å². The summed E-state index contributed by atoms with van der Waals surface area (Å²) in [5.74, 6) is 0.235. The first-order valence-corrected chi connectivity index (χ1v) is 7.17. The second kappa shape index (κ2) is 6.36. The third-order valence-electron chi connectivity index (χ3n) is 3.62. The summed E-state index contributed by atoms with van der Waals surface area (Å²) in [4.78, 5) is 16.5. The lowest BCUT2D eigenvalue weighted by atomic mass is 10.1. The number of methoxy groups -OCH3 is 1. The number of rotatable bonds is 4. The van der Waals surface area contributed by atoms with E-state index in [-0.39, 0.29) is 17.2 Å². The van der Waals surface area contributed by atoms with Crippen LogP contribution in [0.2, 0.25) is 0 Å². The topological polar surface area (TPSA) is 71.5 Å². The van der Waals surface area contributed by atoms with Gasteiger partial charge in [0, 0.05) is 23.7 Å². The number of ether oxygens (including phenoxy) is 1. The molecule has 0 aliphatic carbocycles. The van der Waals surface area contributed by atoms with Crippen molar-refractivity contribution in [3.8, 4) is 11.5 Å². The largest absolute Gasteiger partial charge is 0.505 e. The molecule has 3 aromatic rings. The standard InChI is InChI=1S/C18H16N2O3/c1-23-15-7-3-2-5-13(15)11-20-18(22)14-9-8-12-6-4-10-19-16(12)17(14)21/h2-10,21H,11H2,1H3,(H,20,22). The van der Waals surface area contributed by atoms with Gasteiger partial charge in [-0.25, -0.2) is 0 Å². The average molecular weight is 308 g/mol. The molecule has 2 N–H and O–H groups in total. The molecule has 0 spiro atoms. The van der Waals surface area contributed by atoms with Crippen molar-refractivity contribution in [2.24, 2.45) is 0 Å². The Hall–Kier alpha value is -3.08. The minimum atomic E-state index is -0.360. The highest BCUT2D eigenvalue weighted by Gasteiger charge is 2.14. The molecule has 0 atom stereocenters. The van der Waals surface area contributed by atoms with Crippen LogP contribution < -0.4 is 10.1 Å². The van der Waals surface area contributed by atoms with Gasteiger partial charge in [0.15, 0.2) is 5.75 Å². The van der Waals surface area contributed by atoms with Crippen LogP contribution in [-0.4, -0.2) is 23.1 Å². The van der Waals surface area contributed by atoms with Gasteiger partial charge in [0.05, 0.1) is 12.7 Å². The molecular formula is C18H16N2O3. The molecular weight excluding hydrogens is 292 g/mol. The van der Waals surface area contributed by atoms with Crippen LogP contribution in [0.25, 0.3) is 10.9 Å². The predicted molar refractivity (Wildman–Crippen MR) is 87.6 cm³/mol. The molecule has 1 heterocycles. The number of hydrogen-bond acceptors (Lipinski definition) is 4. The van der Waals surface area contributed by atoms with Crippen LogP contribution in [-0.2, 0) is 6.54 Å². The quantitative estimate of drug-likeness (QED) is 0.777. The molecule has 1 aromatic heterocycles. The number of benzene rings is 2. The molecule has 3 rings (SSSR count). The summed E-state index contributed by atoms with van der Waals surface area (Å²) in [5.41, 5.74) is 1.48. The van der Waals surface area contributed by atoms with Crippen molar-refractivity contribution < 1.29 is 14.6 Å². The minimum absolute atomic E-state index is 0.111. The van der Waals surface area contributed by atoms with E-state index in [0.29, 0.717) is 17.8 Å². The molecule has 23 heavy (non-hydrogen) atoms. The maximum Gasteiger partial charge on any atom is 0.255 e. The molecule has 0 unspecified atom stereocenters. The van der Waals surface area contributed by atoms with Crippen LogP contribution in [0.15, 0.2) is 54.7 Å². The normalized spacial score (nSPS) is 10.5. The zero-order chi connectivity index (χ0) is 16.2. The monoisotopic (exact) mass is 308 g/mol. The van der Waals surface area contributed by atoms with Crippen molar-refractivity contribution in [1.82, 2.24) is 10.3 Å². The van der Waals surface area contributed by atoms with Crippen LogP contribution in [0, 0.1) is 0 Å². The molecule has 0 aliphatic rings. The predicted octanol–water partition coefficient (Wildman–Crippen LogP) is 2.88. The molecule has 1 amide bonds. The molecule has 2 aromatic carbocycles. The summed E-state index contributed by atoms with van der Waals surface area (Å²) in [6.45, 7) is 0.308. The van der Waals surface area contributed by atoms with Crippen molar-refractivity contribution in [3.63, 3.8) is 0 Å². The van der Waals surface area contributed by atoms with Gasteiger partial charge in [0.2, 0.25) is 0 Å². The van der Waals surface area contributed by atoms with E-state index >= 15 is 0 Å². The van der Waals surface area contributed by atoms with E-state index in [0.717, 1.165) is 10.9 Å². The number of phenols is 1. The average Bonchev–Trinajstić information content (AvgIpc) is 2.60. The Kier molecular flexibility index (Phi) is 4.10. The molecule has 5 heteroatoms. The lowest BCUT2D eigenvalue weighted by Crippen LogP contribution is -2.23. The zero-order valence-electron chi connectivity index (χ0n) is 12.6. The number of para-hydroxylation sites is 1. The van der Waals surface area contributed by atoms with Crippen molar-refractivity contribution in [3.05, 3.63) is 65.9 Å². The van der Waals surface area contributed by atoms with E-state index in [9.17, 15) is 9.90 Å². The number of fused-ring (bicyclic) bond motifs is 1. The number of nitrogens with zero attached hydrogens (tertiary/aromatic N) is 1. The highest BCUT2D eigenvalue weighted by Crippen LogP contribution is 2.26. The molecule has 0 saturated carbocycles. The Labute approximate surface area is 133 Å². The van der Waals surface area contributed by atoms with Crippen LogP contribution in [0.5, 0.6) is 11.5 Å². The minimum Gasteiger partial charge on any atom is -0.505 e. The summed E-state index contributed by atoms with van der Waals surface area (Å²) in [7, 11) is 1.58. The number of aromatic nitrogens is 1. The maximum atomic E-state index is 12.3. The van der Waals surface area contributed by atoms with Crippen molar-refractivity contribution in [1.29, 1.82) is 0 Å². The molecule has 0 radical (unpaired) electrons. The molecule has 0 saturated heterocycles. The van der Waals surface area contributed by atoms with Crippen LogP contribution in [0.1, 0.15) is 15.9 Å². The lowest BCUT2D eigenvalue weighted by molar-refractivity contribution is 0.0948. The smallest absolute Gasteiger partial charge is 0.255 e. The fourth-order valence-corrected chi connectivity index (χ4v) is 2.43. The first-order chi connectivity index (χ1) is 11.2.